The molecule has 0 radical (unpaired) electrons. The van der Waals surface area contributed by atoms with E-state index in [1.165, 1.54) is 25.1 Å². The van der Waals surface area contributed by atoms with Crippen LogP contribution in [0.4, 0.5) is 10.2 Å². The van der Waals surface area contributed by atoms with Crippen molar-refractivity contribution in [2.75, 3.05) is 25.1 Å². The van der Waals surface area contributed by atoms with Gasteiger partial charge in [-0.3, -0.25) is 13.9 Å². The van der Waals surface area contributed by atoms with Crippen LogP contribution in [-0.4, -0.2) is 63.9 Å². The van der Waals surface area contributed by atoms with Crippen molar-refractivity contribution in [1.82, 2.24) is 9.55 Å². The summed E-state index contributed by atoms with van der Waals surface area (Å²) in [5.74, 6) is -1.88. The van der Waals surface area contributed by atoms with Crippen molar-refractivity contribution >= 4 is 19.4 Å². The molecule has 12 nitrogen and oxygen atoms in total. The van der Waals surface area contributed by atoms with Crippen LogP contribution in [0.5, 0.6) is 5.75 Å². The Balaban J connectivity index is 1.95. The molecule has 5 N–H and O–H groups in total. The van der Waals surface area contributed by atoms with Gasteiger partial charge in [-0.2, -0.15) is 4.98 Å². The number of alkyl halides is 1. The quantitative estimate of drug-likeness (QED) is 0.277. The Morgan fingerprint density at radius 3 is 2.62 bits per heavy atom. The van der Waals surface area contributed by atoms with Crippen molar-refractivity contribution in [2.45, 2.75) is 50.8 Å². The van der Waals surface area contributed by atoms with Crippen LogP contribution in [0.2, 0.25) is 0 Å². The number of ether oxygens (including phenoxy) is 2. The van der Waals surface area contributed by atoms with E-state index >= 15 is 0 Å². The zero-order valence-electron chi connectivity index (χ0n) is 22.5. The Kier molecular flexibility index (Phi) is 8.16. The number of hydrogen-bond acceptors (Lipinski definition) is 11. The molecule has 0 amide bonds. The number of hydrogen-bond donors (Lipinski definition) is 3. The van der Waals surface area contributed by atoms with Crippen LogP contribution in [0.3, 0.4) is 0 Å². The van der Waals surface area contributed by atoms with Crippen molar-refractivity contribution < 1.29 is 40.1 Å². The number of benzene rings is 1. The van der Waals surface area contributed by atoms with Crippen LogP contribution in [0, 0.1) is 5.92 Å². The Labute approximate surface area is 216 Å². The predicted octanol–water partition coefficient (Wildman–Crippen LogP) is 1.63. The van der Waals surface area contributed by atoms with Crippen LogP contribution < -0.4 is 21.7 Å². The minimum atomic E-state index is -4.55. The molecule has 0 aliphatic carbocycles. The van der Waals surface area contributed by atoms with Crippen molar-refractivity contribution in [3.8, 4) is 5.75 Å². The number of anilines is 1. The van der Waals surface area contributed by atoms with Gasteiger partial charge in [-0.05, 0) is 32.0 Å². The average molecular weight is 545 g/mol. The molecule has 14 heteroatoms. The molecule has 1 unspecified atom stereocenters. The smallest absolute Gasteiger partial charge is 0.380 e. The Morgan fingerprint density at radius 1 is 1.35 bits per heavy atom. The number of nitrogens with zero attached hydrogens (tertiary/aromatic N) is 2. The van der Waals surface area contributed by atoms with Gasteiger partial charge in [0.15, 0.2) is 6.23 Å². The van der Waals surface area contributed by atoms with Gasteiger partial charge in [-0.15, -0.1) is 0 Å². The maximum Gasteiger partial charge on any atom is 0.380 e. The molecule has 1 fully saturated rings. The van der Waals surface area contributed by atoms with Crippen LogP contribution in [0.15, 0.2) is 47.4 Å². The summed E-state index contributed by atoms with van der Waals surface area (Å²) in [6.07, 6.45) is -5.87. The lowest BCUT2D eigenvalue weighted by atomic mass is 9.92. The number of halogens is 1. The fourth-order valence-corrected chi connectivity index (χ4v) is 5.27. The largest absolute Gasteiger partial charge is 0.463 e. The predicted molar refractivity (Wildman–Crippen MR) is 132 cm³/mol. The summed E-state index contributed by atoms with van der Waals surface area (Å²) in [5.41, 5.74) is 8.24. The van der Waals surface area contributed by atoms with E-state index < -0.39 is 74.6 Å². The number of carbonyl (C=O) groups excluding carboxylic acids is 1. The molecule has 2 heterocycles. The molecular formula is C23H32FN4O8P. The van der Waals surface area contributed by atoms with Gasteiger partial charge in [0.1, 0.15) is 36.0 Å². The maximum absolute atomic E-state index is 14.2. The first-order chi connectivity index (χ1) is 18.1. The SMILES string of the molecule is [2H]C([2H])(O[P@](=O)(C[C@@H](C)C(=O)OC(C)C)Oc1ccccc1)[C@H]1O[C@@H](n2ccc(N)nc2=O)C(N)(CF)[C@H]1O. The lowest BCUT2D eigenvalue weighted by Gasteiger charge is -2.30. The Hall–Kier alpha value is -2.83. The molecule has 0 bridgehead atoms. The summed E-state index contributed by atoms with van der Waals surface area (Å²) in [4.78, 5) is 28.3. The fraction of sp³-hybridized carbons (Fsp3) is 0.522. The Morgan fingerprint density at radius 2 is 2.03 bits per heavy atom. The zero-order chi connectivity index (χ0) is 29.2. The molecule has 0 saturated carbocycles. The van der Waals surface area contributed by atoms with Gasteiger partial charge in [-0.25, -0.2) is 13.8 Å². The van der Waals surface area contributed by atoms with E-state index in [4.69, 9.17) is 32.7 Å². The number of carbonyl (C=O) groups is 1. The molecule has 204 valence electrons. The second-order valence-electron chi connectivity index (χ2n) is 8.94. The van der Waals surface area contributed by atoms with Crippen LogP contribution in [-0.2, 0) is 23.4 Å². The summed E-state index contributed by atoms with van der Waals surface area (Å²) >= 11 is 0. The van der Waals surface area contributed by atoms with Crippen molar-refractivity contribution in [1.29, 1.82) is 0 Å². The highest BCUT2D eigenvalue weighted by molar-refractivity contribution is 7.54. The molecule has 1 aromatic heterocycles. The minimum absolute atomic E-state index is 0.0447. The number of para-hydroxylation sites is 1. The fourth-order valence-electron chi connectivity index (χ4n) is 3.56. The van der Waals surface area contributed by atoms with E-state index in [0.717, 1.165) is 10.8 Å². The van der Waals surface area contributed by atoms with Crippen LogP contribution >= 0.6 is 7.60 Å². The van der Waals surface area contributed by atoms with Gasteiger partial charge in [0.2, 0.25) is 0 Å². The lowest BCUT2D eigenvalue weighted by Crippen LogP contribution is -2.57. The number of aliphatic hydroxyl groups is 1. The third-order valence-corrected chi connectivity index (χ3v) is 7.32. The van der Waals surface area contributed by atoms with E-state index in [9.17, 15) is 23.7 Å². The third-order valence-electron chi connectivity index (χ3n) is 5.46. The number of aliphatic hydroxyl groups excluding tert-OH is 1. The van der Waals surface area contributed by atoms with E-state index in [-0.39, 0.29) is 11.6 Å². The molecule has 1 aliphatic rings. The number of nitrogen functional groups attached to an aromatic ring is 1. The maximum atomic E-state index is 14.2. The molecule has 2 aromatic rings. The second kappa shape index (κ2) is 11.7. The van der Waals surface area contributed by atoms with Gasteiger partial charge in [0.25, 0.3) is 0 Å². The minimum Gasteiger partial charge on any atom is -0.463 e. The lowest BCUT2D eigenvalue weighted by molar-refractivity contribution is -0.151. The van der Waals surface area contributed by atoms with Gasteiger partial charge in [-0.1, -0.05) is 25.1 Å². The number of rotatable bonds is 11. The molecule has 6 atom stereocenters. The third kappa shape index (κ3) is 6.74. The topological polar surface area (TPSA) is 178 Å². The van der Waals surface area contributed by atoms with Gasteiger partial charge >= 0.3 is 19.3 Å². The van der Waals surface area contributed by atoms with E-state index in [2.05, 4.69) is 4.98 Å². The highest BCUT2D eigenvalue weighted by atomic mass is 31.2. The first-order valence-electron chi connectivity index (χ1n) is 12.4. The normalized spacial score (nSPS) is 27.2. The van der Waals surface area contributed by atoms with Gasteiger partial charge in [0.05, 0.1) is 27.5 Å². The highest BCUT2D eigenvalue weighted by Gasteiger charge is 2.56. The Bertz CT molecular complexity index is 1270. The molecule has 0 spiro atoms. The monoisotopic (exact) mass is 544 g/mol. The second-order valence-corrected chi connectivity index (χ2v) is 10.9. The molecule has 1 aliphatic heterocycles. The number of nitrogens with two attached hydrogens (primary N) is 2. The molecule has 1 saturated heterocycles. The van der Waals surface area contributed by atoms with Crippen molar-refractivity contribution in [3.63, 3.8) is 0 Å². The summed E-state index contributed by atoms with van der Waals surface area (Å²) in [5, 5.41) is 10.9. The molecule has 1 aromatic carbocycles. The average Bonchev–Trinajstić information content (AvgIpc) is 3.10. The number of esters is 1. The molecular weight excluding hydrogens is 510 g/mol. The number of aromatic nitrogens is 2. The van der Waals surface area contributed by atoms with E-state index in [0.29, 0.717) is 0 Å². The standard InChI is InChI=1S/C23H32FN4O8P/c1-14(2)34-20(30)15(3)12-37(32,36-16-7-5-4-6-8-16)33-11-17-19(29)23(26,13-24)21(35-17)28-10-9-18(25)27-22(28)31/h4-10,14-15,17,19,21,29H,11-13,26H2,1-3H3,(H2,25,27,31)/t15-,17-,19+,21-,23?,37-/m1/s1/i11D2. The summed E-state index contributed by atoms with van der Waals surface area (Å²) in [6, 6.07) is 8.88. The van der Waals surface area contributed by atoms with Crippen LogP contribution in [0.1, 0.15) is 29.7 Å². The van der Waals surface area contributed by atoms with Crippen molar-refractivity contribution in [2.24, 2.45) is 11.7 Å². The first-order valence-corrected chi connectivity index (χ1v) is 13.1. The van der Waals surface area contributed by atoms with Crippen molar-refractivity contribution in [3.05, 3.63) is 53.1 Å². The summed E-state index contributed by atoms with van der Waals surface area (Å²) in [7, 11) is -4.55. The van der Waals surface area contributed by atoms with Gasteiger partial charge < -0.3 is 30.6 Å². The highest BCUT2D eigenvalue weighted by Crippen LogP contribution is 2.51. The van der Waals surface area contributed by atoms with E-state index in [1.807, 2.05) is 0 Å². The van der Waals surface area contributed by atoms with E-state index in [1.54, 1.807) is 32.0 Å². The summed E-state index contributed by atoms with van der Waals surface area (Å²) < 4.78 is 67.5. The van der Waals surface area contributed by atoms with Gasteiger partial charge in [0, 0.05) is 6.20 Å². The molecule has 3 rings (SSSR count). The molecule has 37 heavy (non-hydrogen) atoms. The van der Waals surface area contributed by atoms with Crippen LogP contribution in [0.25, 0.3) is 0 Å². The zero-order valence-corrected chi connectivity index (χ0v) is 21.4. The first kappa shape index (κ1) is 25.8. The summed E-state index contributed by atoms with van der Waals surface area (Å²) in [6.45, 7) is 0.0707.